The Bertz CT molecular complexity index is 604. The summed E-state index contributed by atoms with van der Waals surface area (Å²) < 4.78 is 5.72. The van der Waals surface area contributed by atoms with Crippen molar-refractivity contribution >= 4 is 11.9 Å². The molecule has 1 unspecified atom stereocenters. The molecular formula is C21H35N5O2. The number of carbonyl (C=O) groups is 1. The molecule has 7 nitrogen and oxygen atoms in total. The van der Waals surface area contributed by atoms with E-state index in [0.29, 0.717) is 12.5 Å². The van der Waals surface area contributed by atoms with E-state index in [-0.39, 0.29) is 18.5 Å². The van der Waals surface area contributed by atoms with Crippen molar-refractivity contribution in [3.05, 3.63) is 24.2 Å². The van der Waals surface area contributed by atoms with Crippen LogP contribution in [0.2, 0.25) is 0 Å². The molecule has 156 valence electrons. The fourth-order valence-electron chi connectivity index (χ4n) is 4.05. The minimum atomic E-state index is 0.121. The van der Waals surface area contributed by atoms with Gasteiger partial charge in [-0.15, -0.1) is 0 Å². The molecule has 0 radical (unpaired) electrons. The summed E-state index contributed by atoms with van der Waals surface area (Å²) >= 11 is 0. The Morgan fingerprint density at radius 3 is 2.46 bits per heavy atom. The standard InChI is InChI=1S/C21H35N5O2/c1-2-22-21(24-17-20(27)26-13-7-4-8-14-26)23-16-18(19-10-9-15-28-19)25-11-5-3-6-12-25/h9-10,15,18H,2-8,11-14,16-17H2,1H3,(H2,22,23,24). The Hall–Kier alpha value is -2.02. The van der Waals surface area contributed by atoms with Gasteiger partial charge in [-0.3, -0.25) is 9.69 Å². The molecule has 2 N–H and O–H groups in total. The Labute approximate surface area is 168 Å². The van der Waals surface area contributed by atoms with Gasteiger partial charge in [-0.1, -0.05) is 6.42 Å². The van der Waals surface area contributed by atoms with Gasteiger partial charge in [-0.05, 0) is 64.3 Å². The van der Waals surface area contributed by atoms with E-state index >= 15 is 0 Å². The maximum atomic E-state index is 12.4. The zero-order valence-electron chi connectivity index (χ0n) is 17.2. The first-order valence-electron chi connectivity index (χ1n) is 10.9. The van der Waals surface area contributed by atoms with Crippen molar-refractivity contribution in [2.45, 2.75) is 51.5 Å². The fourth-order valence-corrected chi connectivity index (χ4v) is 4.05. The molecule has 3 rings (SSSR count). The average Bonchev–Trinajstić information content (AvgIpc) is 3.28. The quantitative estimate of drug-likeness (QED) is 0.553. The van der Waals surface area contributed by atoms with Gasteiger partial charge in [0, 0.05) is 26.2 Å². The van der Waals surface area contributed by atoms with Crippen LogP contribution in [0.4, 0.5) is 0 Å². The lowest BCUT2D eigenvalue weighted by Crippen LogP contribution is -2.45. The molecule has 1 amide bonds. The summed E-state index contributed by atoms with van der Waals surface area (Å²) in [5, 5.41) is 6.69. The first kappa shape index (κ1) is 20.7. The van der Waals surface area contributed by atoms with E-state index in [1.54, 1.807) is 6.26 Å². The van der Waals surface area contributed by atoms with Crippen molar-refractivity contribution in [1.82, 2.24) is 20.4 Å². The summed E-state index contributed by atoms with van der Waals surface area (Å²) in [5.74, 6) is 1.80. The highest BCUT2D eigenvalue weighted by Crippen LogP contribution is 2.24. The number of piperidine rings is 2. The molecule has 28 heavy (non-hydrogen) atoms. The lowest BCUT2D eigenvalue weighted by molar-refractivity contribution is -0.130. The first-order valence-corrected chi connectivity index (χ1v) is 10.9. The van der Waals surface area contributed by atoms with Gasteiger partial charge in [-0.25, -0.2) is 4.99 Å². The van der Waals surface area contributed by atoms with E-state index in [0.717, 1.165) is 51.3 Å². The maximum absolute atomic E-state index is 12.4. The average molecular weight is 390 g/mol. The molecule has 2 saturated heterocycles. The van der Waals surface area contributed by atoms with Crippen LogP contribution in [-0.2, 0) is 4.79 Å². The molecule has 0 spiro atoms. The molecule has 0 saturated carbocycles. The molecule has 2 aliphatic rings. The summed E-state index contributed by atoms with van der Waals surface area (Å²) in [6.45, 7) is 7.63. The van der Waals surface area contributed by atoms with Crippen LogP contribution in [0.3, 0.4) is 0 Å². The number of likely N-dealkylation sites (tertiary alicyclic amines) is 2. The van der Waals surface area contributed by atoms with Gasteiger partial charge in [0.2, 0.25) is 5.91 Å². The fraction of sp³-hybridized carbons (Fsp3) is 0.714. The Kier molecular flexibility index (Phi) is 8.21. The molecule has 0 aliphatic carbocycles. The van der Waals surface area contributed by atoms with Gasteiger partial charge in [-0.2, -0.15) is 0 Å². The minimum Gasteiger partial charge on any atom is -0.468 e. The van der Waals surface area contributed by atoms with Crippen molar-refractivity contribution in [2.75, 3.05) is 45.8 Å². The van der Waals surface area contributed by atoms with Gasteiger partial charge < -0.3 is 20.0 Å². The summed E-state index contributed by atoms with van der Waals surface area (Å²) in [4.78, 5) is 21.4. The molecule has 1 aromatic heterocycles. The molecule has 0 aromatic carbocycles. The number of nitrogens with zero attached hydrogens (tertiary/aromatic N) is 3. The Balaban J connectivity index is 1.58. The van der Waals surface area contributed by atoms with Gasteiger partial charge in [0.15, 0.2) is 5.96 Å². The van der Waals surface area contributed by atoms with Crippen LogP contribution in [0.5, 0.6) is 0 Å². The van der Waals surface area contributed by atoms with Crippen molar-refractivity contribution in [3.63, 3.8) is 0 Å². The second-order valence-corrected chi connectivity index (χ2v) is 7.65. The summed E-state index contributed by atoms with van der Waals surface area (Å²) in [6.07, 6.45) is 8.94. The zero-order chi connectivity index (χ0) is 19.6. The van der Waals surface area contributed by atoms with E-state index < -0.39 is 0 Å². The van der Waals surface area contributed by atoms with Crippen molar-refractivity contribution in [1.29, 1.82) is 0 Å². The summed E-state index contributed by atoms with van der Waals surface area (Å²) in [7, 11) is 0. The topological polar surface area (TPSA) is 73.1 Å². The number of rotatable bonds is 7. The second-order valence-electron chi connectivity index (χ2n) is 7.65. The highest BCUT2D eigenvalue weighted by atomic mass is 16.3. The third-order valence-corrected chi connectivity index (χ3v) is 5.59. The van der Waals surface area contributed by atoms with E-state index in [1.807, 2.05) is 24.0 Å². The number of furan rings is 1. The van der Waals surface area contributed by atoms with Crippen molar-refractivity contribution < 1.29 is 9.21 Å². The van der Waals surface area contributed by atoms with Crippen molar-refractivity contribution in [2.24, 2.45) is 4.99 Å². The van der Waals surface area contributed by atoms with Gasteiger partial charge >= 0.3 is 0 Å². The highest BCUT2D eigenvalue weighted by molar-refractivity contribution is 5.85. The molecule has 1 aromatic rings. The van der Waals surface area contributed by atoms with Gasteiger partial charge in [0.05, 0.1) is 12.3 Å². The number of amides is 1. The molecular weight excluding hydrogens is 354 g/mol. The summed E-state index contributed by atoms with van der Waals surface area (Å²) in [5.41, 5.74) is 0. The third-order valence-electron chi connectivity index (χ3n) is 5.59. The number of carbonyl (C=O) groups excluding carboxylic acids is 1. The number of hydrogen-bond acceptors (Lipinski definition) is 4. The molecule has 7 heteroatoms. The number of hydrogen-bond donors (Lipinski definition) is 2. The highest BCUT2D eigenvalue weighted by Gasteiger charge is 2.24. The lowest BCUT2D eigenvalue weighted by Gasteiger charge is -2.33. The largest absolute Gasteiger partial charge is 0.468 e. The lowest BCUT2D eigenvalue weighted by atomic mass is 10.1. The molecule has 1 atom stereocenters. The molecule has 3 heterocycles. The third kappa shape index (κ3) is 5.99. The first-order chi connectivity index (χ1) is 13.8. The molecule has 2 fully saturated rings. The molecule has 0 bridgehead atoms. The van der Waals surface area contributed by atoms with E-state index in [1.165, 1.54) is 25.7 Å². The Morgan fingerprint density at radius 2 is 1.82 bits per heavy atom. The van der Waals surface area contributed by atoms with Crippen LogP contribution in [0.25, 0.3) is 0 Å². The van der Waals surface area contributed by atoms with Gasteiger partial charge in [0.25, 0.3) is 0 Å². The van der Waals surface area contributed by atoms with Crippen LogP contribution in [-0.4, -0.2) is 67.5 Å². The van der Waals surface area contributed by atoms with E-state index in [4.69, 9.17) is 4.42 Å². The van der Waals surface area contributed by atoms with Crippen LogP contribution in [0, 0.1) is 0 Å². The smallest absolute Gasteiger partial charge is 0.244 e. The Morgan fingerprint density at radius 1 is 1.11 bits per heavy atom. The summed E-state index contributed by atoms with van der Waals surface area (Å²) in [6, 6.07) is 4.17. The van der Waals surface area contributed by atoms with E-state index in [2.05, 4.69) is 20.5 Å². The van der Waals surface area contributed by atoms with E-state index in [9.17, 15) is 4.79 Å². The van der Waals surface area contributed by atoms with Gasteiger partial charge in [0.1, 0.15) is 12.3 Å². The van der Waals surface area contributed by atoms with Crippen LogP contribution < -0.4 is 10.6 Å². The predicted octanol–water partition coefficient (Wildman–Crippen LogP) is 2.37. The van der Waals surface area contributed by atoms with Crippen LogP contribution >= 0.6 is 0 Å². The molecule has 2 aliphatic heterocycles. The normalized spacial score (nSPS) is 20.0. The number of guanidine groups is 1. The number of aliphatic imine (C=N–C) groups is 1. The monoisotopic (exact) mass is 389 g/mol. The minimum absolute atomic E-state index is 0.121. The number of nitrogens with one attached hydrogen (secondary N) is 2. The SMILES string of the molecule is CCNC(=NCC(=O)N1CCCCC1)NCC(c1ccco1)N1CCCCC1. The maximum Gasteiger partial charge on any atom is 0.244 e. The van der Waals surface area contributed by atoms with Crippen LogP contribution in [0.1, 0.15) is 57.3 Å². The second kappa shape index (κ2) is 11.1. The predicted molar refractivity (Wildman–Crippen MR) is 111 cm³/mol. The van der Waals surface area contributed by atoms with Crippen LogP contribution in [0.15, 0.2) is 27.8 Å². The zero-order valence-corrected chi connectivity index (χ0v) is 17.2. The van der Waals surface area contributed by atoms with Crippen molar-refractivity contribution in [3.8, 4) is 0 Å².